The third-order valence-corrected chi connectivity index (χ3v) is 3.14. The number of carbonyl (C=O) groups excluding carboxylic acids is 1. The molecule has 0 unspecified atom stereocenters. The fourth-order valence-electron chi connectivity index (χ4n) is 1.57. The molecule has 1 aromatic rings. The van der Waals surface area contributed by atoms with Crippen molar-refractivity contribution in [3.8, 4) is 0 Å². The summed E-state index contributed by atoms with van der Waals surface area (Å²) in [4.78, 5) is 13.6. The Hall–Kier alpha value is -1.30. The van der Waals surface area contributed by atoms with Crippen LogP contribution in [0.3, 0.4) is 0 Å². The topological polar surface area (TPSA) is 61.8 Å². The van der Waals surface area contributed by atoms with Crippen molar-refractivity contribution in [3.63, 3.8) is 0 Å². The van der Waals surface area contributed by atoms with Crippen molar-refractivity contribution in [2.75, 3.05) is 38.7 Å². The van der Waals surface area contributed by atoms with Crippen LogP contribution >= 0.6 is 11.6 Å². The van der Waals surface area contributed by atoms with Crippen LogP contribution in [0.4, 0.5) is 10.5 Å². The minimum atomic E-state index is -0.281. The molecule has 0 saturated carbocycles. The largest absolute Gasteiger partial charge is 0.395 e. The lowest BCUT2D eigenvalue weighted by atomic mass is 10.2. The first-order chi connectivity index (χ1) is 9.10. The van der Waals surface area contributed by atoms with Crippen LogP contribution in [0.5, 0.6) is 0 Å². The molecule has 5 nitrogen and oxygen atoms in total. The second-order valence-electron chi connectivity index (χ2n) is 4.05. The van der Waals surface area contributed by atoms with E-state index in [0.717, 1.165) is 5.56 Å². The van der Waals surface area contributed by atoms with Gasteiger partial charge in [-0.3, -0.25) is 0 Å². The maximum Gasteiger partial charge on any atom is 0.322 e. The first-order valence-electron chi connectivity index (χ1n) is 6.01. The van der Waals surface area contributed by atoms with Gasteiger partial charge < -0.3 is 20.1 Å². The number of urea groups is 1. The number of anilines is 1. The zero-order valence-electron chi connectivity index (χ0n) is 11.1. The molecule has 0 bridgehead atoms. The minimum absolute atomic E-state index is 0.0916. The number of aliphatic hydroxyl groups is 1. The van der Waals surface area contributed by atoms with Crippen LogP contribution in [0.1, 0.15) is 5.56 Å². The number of aliphatic hydroxyl groups excluding tert-OH is 1. The number of nitrogens with zero attached hydrogens (tertiary/aromatic N) is 1. The van der Waals surface area contributed by atoms with Gasteiger partial charge in [-0.15, -0.1) is 0 Å². The summed E-state index contributed by atoms with van der Waals surface area (Å²) in [6.45, 7) is 2.84. The molecule has 0 spiro atoms. The molecule has 0 atom stereocenters. The Morgan fingerprint density at radius 1 is 1.47 bits per heavy atom. The van der Waals surface area contributed by atoms with Gasteiger partial charge in [0.1, 0.15) is 0 Å². The minimum Gasteiger partial charge on any atom is -0.395 e. The van der Waals surface area contributed by atoms with Crippen LogP contribution < -0.4 is 5.32 Å². The molecule has 0 aliphatic rings. The summed E-state index contributed by atoms with van der Waals surface area (Å²) in [5.41, 5.74) is 1.48. The SMILES string of the molecule is COCCN(CCO)C(=O)Nc1cccc(Cl)c1C. The molecule has 106 valence electrons. The van der Waals surface area contributed by atoms with Gasteiger partial charge in [0.05, 0.1) is 13.2 Å². The number of hydrogen-bond acceptors (Lipinski definition) is 3. The average molecular weight is 287 g/mol. The molecule has 0 saturated heterocycles. The number of halogens is 1. The number of hydrogen-bond donors (Lipinski definition) is 2. The summed E-state index contributed by atoms with van der Waals surface area (Å²) in [6.07, 6.45) is 0. The maximum absolute atomic E-state index is 12.1. The second-order valence-corrected chi connectivity index (χ2v) is 4.45. The van der Waals surface area contributed by atoms with Gasteiger partial charge >= 0.3 is 6.03 Å². The third kappa shape index (κ3) is 4.70. The summed E-state index contributed by atoms with van der Waals surface area (Å²) in [7, 11) is 1.57. The van der Waals surface area contributed by atoms with E-state index in [9.17, 15) is 4.79 Å². The van der Waals surface area contributed by atoms with E-state index in [4.69, 9.17) is 21.4 Å². The summed E-state index contributed by atoms with van der Waals surface area (Å²) >= 11 is 6.00. The third-order valence-electron chi connectivity index (χ3n) is 2.73. The van der Waals surface area contributed by atoms with Crippen molar-refractivity contribution in [2.45, 2.75) is 6.92 Å². The quantitative estimate of drug-likeness (QED) is 0.842. The number of methoxy groups -OCH3 is 1. The molecule has 0 radical (unpaired) electrons. The molecule has 0 aliphatic heterocycles. The summed E-state index contributed by atoms with van der Waals surface area (Å²) in [6, 6.07) is 5.04. The van der Waals surface area contributed by atoms with Gasteiger partial charge in [-0.05, 0) is 24.6 Å². The molecular formula is C13H19ClN2O3. The van der Waals surface area contributed by atoms with Gasteiger partial charge in [-0.25, -0.2) is 4.79 Å². The standard InChI is InChI=1S/C13H19ClN2O3/c1-10-11(14)4-3-5-12(10)15-13(18)16(6-8-17)7-9-19-2/h3-5,17H,6-9H2,1-2H3,(H,15,18). The predicted octanol–water partition coefficient (Wildman–Crippen LogP) is 2.12. The molecule has 0 heterocycles. The second kappa shape index (κ2) is 7.99. The van der Waals surface area contributed by atoms with E-state index in [1.165, 1.54) is 4.90 Å². The highest BCUT2D eigenvalue weighted by Crippen LogP contribution is 2.23. The maximum atomic E-state index is 12.1. The lowest BCUT2D eigenvalue weighted by Gasteiger charge is -2.22. The molecule has 19 heavy (non-hydrogen) atoms. The highest BCUT2D eigenvalue weighted by Gasteiger charge is 2.14. The van der Waals surface area contributed by atoms with Crippen LogP contribution in [-0.4, -0.2) is 49.5 Å². The Kier molecular flexibility index (Phi) is 6.62. The van der Waals surface area contributed by atoms with E-state index < -0.39 is 0 Å². The van der Waals surface area contributed by atoms with E-state index >= 15 is 0 Å². The summed E-state index contributed by atoms with van der Waals surface area (Å²) < 4.78 is 4.94. The highest BCUT2D eigenvalue weighted by molar-refractivity contribution is 6.31. The molecule has 1 aromatic carbocycles. The molecule has 6 heteroatoms. The number of benzene rings is 1. The number of nitrogens with one attached hydrogen (secondary N) is 1. The Labute approximate surface area is 118 Å². The van der Waals surface area contributed by atoms with Gasteiger partial charge in [0, 0.05) is 30.9 Å². The van der Waals surface area contributed by atoms with E-state index in [1.54, 1.807) is 25.3 Å². The van der Waals surface area contributed by atoms with Crippen molar-refractivity contribution >= 4 is 23.3 Å². The molecule has 0 aromatic heterocycles. The van der Waals surface area contributed by atoms with Crippen molar-refractivity contribution in [3.05, 3.63) is 28.8 Å². The molecule has 2 N–H and O–H groups in total. The molecule has 1 rings (SSSR count). The van der Waals surface area contributed by atoms with E-state index in [2.05, 4.69) is 5.32 Å². The van der Waals surface area contributed by atoms with Gasteiger partial charge in [-0.2, -0.15) is 0 Å². The van der Waals surface area contributed by atoms with Crippen molar-refractivity contribution in [1.82, 2.24) is 4.90 Å². The number of carbonyl (C=O) groups is 1. The van der Waals surface area contributed by atoms with Gasteiger partial charge in [0.2, 0.25) is 0 Å². The monoisotopic (exact) mass is 286 g/mol. The van der Waals surface area contributed by atoms with Crippen molar-refractivity contribution < 1.29 is 14.6 Å². The van der Waals surface area contributed by atoms with Crippen molar-refractivity contribution in [2.24, 2.45) is 0 Å². The number of rotatable bonds is 6. The fourth-order valence-corrected chi connectivity index (χ4v) is 1.75. The van der Waals surface area contributed by atoms with Crippen LogP contribution in [0.2, 0.25) is 5.02 Å². The molecular weight excluding hydrogens is 268 g/mol. The van der Waals surface area contributed by atoms with Crippen LogP contribution in [0.25, 0.3) is 0 Å². The predicted molar refractivity (Wildman–Crippen MR) is 75.7 cm³/mol. The number of ether oxygens (including phenoxy) is 1. The molecule has 0 fully saturated rings. The smallest absolute Gasteiger partial charge is 0.322 e. The Morgan fingerprint density at radius 2 is 2.21 bits per heavy atom. The Morgan fingerprint density at radius 3 is 2.84 bits per heavy atom. The molecule has 2 amide bonds. The van der Waals surface area contributed by atoms with Crippen LogP contribution in [0, 0.1) is 6.92 Å². The van der Waals surface area contributed by atoms with Crippen LogP contribution in [-0.2, 0) is 4.74 Å². The summed E-state index contributed by atoms with van der Waals surface area (Å²) in [5, 5.41) is 12.3. The number of amides is 2. The van der Waals surface area contributed by atoms with E-state index in [0.29, 0.717) is 23.9 Å². The lowest BCUT2D eigenvalue weighted by molar-refractivity contribution is 0.142. The van der Waals surface area contributed by atoms with Gasteiger partial charge in [-0.1, -0.05) is 17.7 Å². The van der Waals surface area contributed by atoms with E-state index in [1.807, 2.05) is 6.92 Å². The van der Waals surface area contributed by atoms with E-state index in [-0.39, 0.29) is 19.2 Å². The average Bonchev–Trinajstić information content (AvgIpc) is 2.39. The van der Waals surface area contributed by atoms with Gasteiger partial charge in [0.15, 0.2) is 0 Å². The zero-order chi connectivity index (χ0) is 14.3. The fraction of sp³-hybridized carbons (Fsp3) is 0.462. The Bertz CT molecular complexity index is 426. The highest BCUT2D eigenvalue weighted by atomic mass is 35.5. The Balaban J connectivity index is 2.72. The lowest BCUT2D eigenvalue weighted by Crippen LogP contribution is -2.39. The normalized spacial score (nSPS) is 10.3. The molecule has 0 aliphatic carbocycles. The first-order valence-corrected chi connectivity index (χ1v) is 6.38. The first kappa shape index (κ1) is 15.8. The summed E-state index contributed by atoms with van der Waals surface area (Å²) in [5.74, 6) is 0. The van der Waals surface area contributed by atoms with Crippen LogP contribution in [0.15, 0.2) is 18.2 Å². The zero-order valence-corrected chi connectivity index (χ0v) is 11.9. The van der Waals surface area contributed by atoms with Crippen molar-refractivity contribution in [1.29, 1.82) is 0 Å². The van der Waals surface area contributed by atoms with Gasteiger partial charge in [0.25, 0.3) is 0 Å².